The molecule has 0 bridgehead atoms. The molecule has 84 valence electrons. The average Bonchev–Trinajstić information content (AvgIpc) is 2.72. The predicted octanol–water partition coefficient (Wildman–Crippen LogP) is 3.81. The first-order valence-corrected chi connectivity index (χ1v) is 6.09. The molecule has 1 aromatic carbocycles. The van der Waals surface area contributed by atoms with Crippen molar-refractivity contribution < 1.29 is 4.39 Å². The standard InChI is InChI=1S/C13H9FN2S/c1-8-7-17-11-6-15-13(16-12(8)11)9-2-4-10(14)5-3-9/h2-7H,1H3. The highest BCUT2D eigenvalue weighted by molar-refractivity contribution is 7.17. The van der Waals surface area contributed by atoms with Gasteiger partial charge in [-0.2, -0.15) is 0 Å². The first kappa shape index (κ1) is 10.4. The quantitative estimate of drug-likeness (QED) is 0.650. The lowest BCUT2D eigenvalue weighted by Gasteiger charge is -2.00. The molecule has 2 heterocycles. The van der Waals surface area contributed by atoms with Gasteiger partial charge in [0.05, 0.1) is 10.2 Å². The van der Waals surface area contributed by atoms with Gasteiger partial charge in [0.2, 0.25) is 0 Å². The Balaban J connectivity index is 2.17. The smallest absolute Gasteiger partial charge is 0.159 e. The molecule has 17 heavy (non-hydrogen) atoms. The number of benzene rings is 1. The van der Waals surface area contributed by atoms with Crippen molar-refractivity contribution in [1.29, 1.82) is 0 Å². The maximum atomic E-state index is 12.8. The molecule has 0 amide bonds. The third-order valence-corrected chi connectivity index (χ3v) is 3.62. The fourth-order valence-corrected chi connectivity index (χ4v) is 2.53. The predicted molar refractivity (Wildman–Crippen MR) is 67.5 cm³/mol. The average molecular weight is 244 g/mol. The molecule has 2 nitrogen and oxygen atoms in total. The van der Waals surface area contributed by atoms with Crippen LogP contribution in [0.5, 0.6) is 0 Å². The van der Waals surface area contributed by atoms with Crippen LogP contribution in [0.1, 0.15) is 5.56 Å². The molecule has 0 radical (unpaired) electrons. The SMILES string of the molecule is Cc1csc2cnc(-c3ccc(F)cc3)nc12. The van der Waals surface area contributed by atoms with Gasteiger partial charge in [-0.15, -0.1) is 11.3 Å². The number of thiophene rings is 1. The topological polar surface area (TPSA) is 25.8 Å². The zero-order chi connectivity index (χ0) is 11.8. The van der Waals surface area contributed by atoms with E-state index >= 15 is 0 Å². The molecule has 3 rings (SSSR count). The van der Waals surface area contributed by atoms with Crippen LogP contribution in [0, 0.1) is 12.7 Å². The maximum Gasteiger partial charge on any atom is 0.159 e. The highest BCUT2D eigenvalue weighted by atomic mass is 32.1. The second-order valence-electron chi connectivity index (χ2n) is 3.83. The Morgan fingerprint density at radius 2 is 1.94 bits per heavy atom. The summed E-state index contributed by atoms with van der Waals surface area (Å²) in [5.74, 6) is 0.389. The molecule has 0 aliphatic heterocycles. The van der Waals surface area contributed by atoms with E-state index in [4.69, 9.17) is 0 Å². The normalized spacial score (nSPS) is 10.9. The van der Waals surface area contributed by atoms with Crippen LogP contribution in [0.15, 0.2) is 35.8 Å². The van der Waals surface area contributed by atoms with Crippen molar-refractivity contribution in [3.63, 3.8) is 0 Å². The summed E-state index contributed by atoms with van der Waals surface area (Å²) in [5.41, 5.74) is 2.96. The van der Waals surface area contributed by atoms with Gasteiger partial charge in [0, 0.05) is 11.8 Å². The van der Waals surface area contributed by atoms with E-state index in [1.165, 1.54) is 12.1 Å². The monoisotopic (exact) mass is 244 g/mol. The van der Waals surface area contributed by atoms with Crippen molar-refractivity contribution >= 4 is 21.6 Å². The molecule has 0 unspecified atom stereocenters. The van der Waals surface area contributed by atoms with Crippen molar-refractivity contribution in [2.75, 3.05) is 0 Å². The van der Waals surface area contributed by atoms with Gasteiger partial charge in [-0.25, -0.2) is 14.4 Å². The van der Waals surface area contributed by atoms with Crippen LogP contribution in [-0.2, 0) is 0 Å². The van der Waals surface area contributed by atoms with E-state index in [9.17, 15) is 4.39 Å². The lowest BCUT2D eigenvalue weighted by atomic mass is 10.2. The minimum atomic E-state index is -0.249. The summed E-state index contributed by atoms with van der Waals surface area (Å²) in [6.45, 7) is 2.03. The van der Waals surface area contributed by atoms with E-state index in [2.05, 4.69) is 15.3 Å². The molecule has 0 saturated heterocycles. The van der Waals surface area contributed by atoms with E-state index in [0.717, 1.165) is 21.3 Å². The van der Waals surface area contributed by atoms with Gasteiger partial charge in [0.1, 0.15) is 5.82 Å². The number of halogens is 1. The molecule has 0 aliphatic carbocycles. The summed E-state index contributed by atoms with van der Waals surface area (Å²) in [6, 6.07) is 6.23. The first-order chi connectivity index (χ1) is 8.24. The maximum absolute atomic E-state index is 12.8. The number of rotatable bonds is 1. The van der Waals surface area contributed by atoms with E-state index in [1.54, 1.807) is 23.5 Å². The van der Waals surface area contributed by atoms with Crippen LogP contribution in [0.4, 0.5) is 4.39 Å². The number of aryl methyl sites for hydroxylation is 1. The van der Waals surface area contributed by atoms with E-state index in [0.29, 0.717) is 5.82 Å². The fraction of sp³-hybridized carbons (Fsp3) is 0.0769. The van der Waals surface area contributed by atoms with Crippen molar-refractivity contribution in [1.82, 2.24) is 9.97 Å². The zero-order valence-corrected chi connectivity index (χ0v) is 9.96. The molecule has 0 N–H and O–H groups in total. The van der Waals surface area contributed by atoms with Crippen LogP contribution in [0.3, 0.4) is 0 Å². The molecule has 0 fully saturated rings. The summed E-state index contributed by atoms with van der Waals surface area (Å²) in [4.78, 5) is 8.81. The summed E-state index contributed by atoms with van der Waals surface area (Å²) >= 11 is 1.64. The van der Waals surface area contributed by atoms with Gasteiger partial charge in [0.25, 0.3) is 0 Å². The lowest BCUT2D eigenvalue weighted by molar-refractivity contribution is 0.628. The Kier molecular flexibility index (Phi) is 2.37. The van der Waals surface area contributed by atoms with Crippen molar-refractivity contribution in [2.45, 2.75) is 6.92 Å². The molecule has 3 aromatic rings. The third-order valence-electron chi connectivity index (χ3n) is 2.59. The Hall–Kier alpha value is -1.81. The molecule has 0 spiro atoms. The number of aromatic nitrogens is 2. The number of fused-ring (bicyclic) bond motifs is 1. The van der Waals surface area contributed by atoms with Crippen molar-refractivity contribution in [3.05, 3.63) is 47.2 Å². The Bertz CT molecular complexity index is 673. The second-order valence-corrected chi connectivity index (χ2v) is 4.74. The van der Waals surface area contributed by atoms with Crippen LogP contribution < -0.4 is 0 Å². The van der Waals surface area contributed by atoms with E-state index in [-0.39, 0.29) is 5.82 Å². The minimum Gasteiger partial charge on any atom is -0.235 e. The molecule has 0 atom stereocenters. The lowest BCUT2D eigenvalue weighted by Crippen LogP contribution is -1.89. The summed E-state index contributed by atoms with van der Waals surface area (Å²) in [6.07, 6.45) is 1.82. The fourth-order valence-electron chi connectivity index (χ4n) is 1.69. The molecular formula is C13H9FN2S. The van der Waals surface area contributed by atoms with Crippen LogP contribution in [0.2, 0.25) is 0 Å². The number of nitrogens with zero attached hydrogens (tertiary/aromatic N) is 2. The molecule has 2 aromatic heterocycles. The highest BCUT2D eigenvalue weighted by Gasteiger charge is 2.06. The van der Waals surface area contributed by atoms with Gasteiger partial charge in [-0.1, -0.05) is 0 Å². The Morgan fingerprint density at radius 3 is 2.71 bits per heavy atom. The van der Waals surface area contributed by atoms with Gasteiger partial charge >= 0.3 is 0 Å². The molecular weight excluding hydrogens is 235 g/mol. The highest BCUT2D eigenvalue weighted by Crippen LogP contribution is 2.25. The summed E-state index contributed by atoms with van der Waals surface area (Å²) in [5, 5.41) is 2.06. The Morgan fingerprint density at radius 1 is 1.18 bits per heavy atom. The van der Waals surface area contributed by atoms with Gasteiger partial charge in [0.15, 0.2) is 5.82 Å². The first-order valence-electron chi connectivity index (χ1n) is 5.21. The largest absolute Gasteiger partial charge is 0.235 e. The molecule has 4 heteroatoms. The number of hydrogen-bond acceptors (Lipinski definition) is 3. The van der Waals surface area contributed by atoms with Gasteiger partial charge in [-0.05, 0) is 42.1 Å². The van der Waals surface area contributed by atoms with Crippen molar-refractivity contribution in [3.8, 4) is 11.4 Å². The van der Waals surface area contributed by atoms with Crippen LogP contribution >= 0.6 is 11.3 Å². The molecule has 0 aliphatic rings. The summed E-state index contributed by atoms with van der Waals surface area (Å²) < 4.78 is 13.9. The summed E-state index contributed by atoms with van der Waals surface area (Å²) in [7, 11) is 0. The van der Waals surface area contributed by atoms with E-state index < -0.39 is 0 Å². The van der Waals surface area contributed by atoms with Gasteiger partial charge in [-0.3, -0.25) is 0 Å². The van der Waals surface area contributed by atoms with E-state index in [1.807, 2.05) is 13.1 Å². The molecule has 0 saturated carbocycles. The van der Waals surface area contributed by atoms with Gasteiger partial charge < -0.3 is 0 Å². The third kappa shape index (κ3) is 1.80. The van der Waals surface area contributed by atoms with Crippen LogP contribution in [0.25, 0.3) is 21.6 Å². The van der Waals surface area contributed by atoms with Crippen molar-refractivity contribution in [2.24, 2.45) is 0 Å². The Labute approximate surface area is 102 Å². The zero-order valence-electron chi connectivity index (χ0n) is 9.14. The van der Waals surface area contributed by atoms with Crippen LogP contribution in [-0.4, -0.2) is 9.97 Å². The minimum absolute atomic E-state index is 0.249. The second kappa shape index (κ2) is 3.89. The number of hydrogen-bond donors (Lipinski definition) is 0.